The van der Waals surface area contributed by atoms with E-state index in [4.69, 9.17) is 28.2 Å². The van der Waals surface area contributed by atoms with E-state index in [9.17, 15) is 4.79 Å². The van der Waals surface area contributed by atoms with Crippen LogP contribution >= 0.6 is 23.2 Å². The Labute approximate surface area is 216 Å². The predicted octanol–water partition coefficient (Wildman–Crippen LogP) is 7.10. The first-order valence-electron chi connectivity index (χ1n) is 11.8. The fraction of sp³-hybridized carbons (Fsp3) is 0.241. The monoisotopic (exact) mass is 503 g/mol. The van der Waals surface area contributed by atoms with Gasteiger partial charge in [-0.05, 0) is 67.8 Å². The molecule has 1 aliphatic heterocycles. The molecule has 4 aromatic rings. The van der Waals surface area contributed by atoms with E-state index in [2.05, 4.69) is 36.9 Å². The van der Waals surface area contributed by atoms with E-state index in [0.717, 1.165) is 35.1 Å². The number of fused-ring (bicyclic) bond motifs is 1. The molecule has 0 atom stereocenters. The molecule has 0 radical (unpaired) electrons. The Morgan fingerprint density at radius 1 is 0.857 bits per heavy atom. The lowest BCUT2D eigenvalue weighted by Gasteiger charge is -2.37. The zero-order valence-electron chi connectivity index (χ0n) is 20.1. The summed E-state index contributed by atoms with van der Waals surface area (Å²) in [6.07, 6.45) is 0. The molecule has 1 saturated heterocycles. The molecule has 2 heterocycles. The molecule has 0 aliphatic carbocycles. The van der Waals surface area contributed by atoms with Crippen LogP contribution in [0.2, 0.25) is 10.0 Å². The molecule has 35 heavy (non-hydrogen) atoms. The van der Waals surface area contributed by atoms with Crippen LogP contribution in [0, 0.1) is 20.8 Å². The molecule has 4 nitrogen and oxygen atoms in total. The molecule has 3 aromatic carbocycles. The van der Waals surface area contributed by atoms with Gasteiger partial charge in [0.15, 0.2) is 0 Å². The van der Waals surface area contributed by atoms with Crippen molar-refractivity contribution in [1.29, 1.82) is 0 Å². The van der Waals surface area contributed by atoms with Gasteiger partial charge in [0.1, 0.15) is 0 Å². The standard InChI is InChI=1S/C29H27Cl2N3O/c1-18-7-6-10-26(19(18)2)33-13-15-34(16-14-33)29(35)27-20(3)28(22-12-11-21(30)17-24(22)31)32-25-9-5-4-8-23(25)27/h4-12,17H,13-16H2,1-3H3. The summed E-state index contributed by atoms with van der Waals surface area (Å²) < 4.78 is 0. The number of pyridine rings is 1. The smallest absolute Gasteiger partial charge is 0.255 e. The molecule has 0 spiro atoms. The van der Waals surface area contributed by atoms with Gasteiger partial charge in [0.2, 0.25) is 0 Å². The molecule has 1 amide bonds. The molecule has 1 aromatic heterocycles. The Morgan fingerprint density at radius 2 is 1.60 bits per heavy atom. The van der Waals surface area contributed by atoms with Gasteiger partial charge in [-0.1, -0.05) is 53.5 Å². The number of anilines is 1. The van der Waals surface area contributed by atoms with E-state index < -0.39 is 0 Å². The highest BCUT2D eigenvalue weighted by molar-refractivity contribution is 6.36. The minimum atomic E-state index is 0.0352. The van der Waals surface area contributed by atoms with Crippen molar-refractivity contribution in [2.75, 3.05) is 31.1 Å². The van der Waals surface area contributed by atoms with Crippen LogP contribution in [0.1, 0.15) is 27.0 Å². The number of hydrogen-bond donors (Lipinski definition) is 0. The molecule has 0 bridgehead atoms. The van der Waals surface area contributed by atoms with E-state index in [0.29, 0.717) is 34.4 Å². The number of carbonyl (C=O) groups excluding carboxylic acids is 1. The number of halogens is 2. The lowest BCUT2D eigenvalue weighted by molar-refractivity contribution is 0.0748. The number of piperazine rings is 1. The highest BCUT2D eigenvalue weighted by Gasteiger charge is 2.27. The third-order valence-electron chi connectivity index (χ3n) is 7.02. The van der Waals surface area contributed by atoms with Gasteiger partial charge in [-0.25, -0.2) is 4.98 Å². The van der Waals surface area contributed by atoms with Crippen LogP contribution < -0.4 is 4.90 Å². The third-order valence-corrected chi connectivity index (χ3v) is 7.57. The number of para-hydroxylation sites is 1. The Morgan fingerprint density at radius 3 is 2.34 bits per heavy atom. The van der Waals surface area contributed by atoms with E-state index in [1.165, 1.54) is 16.8 Å². The maximum Gasteiger partial charge on any atom is 0.255 e. The molecule has 1 fully saturated rings. The molecule has 178 valence electrons. The predicted molar refractivity (Wildman–Crippen MR) is 146 cm³/mol. The van der Waals surface area contributed by atoms with Gasteiger partial charge in [0, 0.05) is 47.8 Å². The Balaban J connectivity index is 1.50. The summed E-state index contributed by atoms with van der Waals surface area (Å²) in [5, 5.41) is 1.94. The third kappa shape index (κ3) is 4.37. The van der Waals surface area contributed by atoms with Crippen molar-refractivity contribution in [1.82, 2.24) is 9.88 Å². The second-order valence-corrected chi connectivity index (χ2v) is 9.94. The topological polar surface area (TPSA) is 36.4 Å². The number of hydrogen-bond acceptors (Lipinski definition) is 3. The van der Waals surface area contributed by atoms with E-state index in [1.807, 2.05) is 42.2 Å². The van der Waals surface area contributed by atoms with Crippen molar-refractivity contribution in [2.24, 2.45) is 0 Å². The van der Waals surface area contributed by atoms with E-state index >= 15 is 0 Å². The van der Waals surface area contributed by atoms with Crippen molar-refractivity contribution in [3.8, 4) is 11.3 Å². The summed E-state index contributed by atoms with van der Waals surface area (Å²) in [7, 11) is 0. The number of carbonyl (C=O) groups is 1. The highest BCUT2D eigenvalue weighted by Crippen LogP contribution is 2.35. The van der Waals surface area contributed by atoms with Crippen LogP contribution in [-0.2, 0) is 0 Å². The quantitative estimate of drug-likeness (QED) is 0.299. The van der Waals surface area contributed by atoms with Gasteiger partial charge in [-0.3, -0.25) is 4.79 Å². The van der Waals surface area contributed by atoms with Crippen LogP contribution in [-0.4, -0.2) is 42.0 Å². The first-order valence-corrected chi connectivity index (χ1v) is 12.6. The largest absolute Gasteiger partial charge is 0.368 e. The number of aryl methyl sites for hydroxylation is 1. The van der Waals surface area contributed by atoms with Crippen LogP contribution in [0.25, 0.3) is 22.2 Å². The van der Waals surface area contributed by atoms with Crippen LogP contribution in [0.15, 0.2) is 60.7 Å². The van der Waals surface area contributed by atoms with Gasteiger partial charge >= 0.3 is 0 Å². The summed E-state index contributed by atoms with van der Waals surface area (Å²) >= 11 is 12.7. The van der Waals surface area contributed by atoms with Crippen LogP contribution in [0.3, 0.4) is 0 Å². The number of benzene rings is 3. The van der Waals surface area contributed by atoms with E-state index in [-0.39, 0.29) is 5.91 Å². The average molecular weight is 504 g/mol. The SMILES string of the molecule is Cc1cccc(N2CCN(C(=O)c3c(C)c(-c4ccc(Cl)cc4Cl)nc4ccccc34)CC2)c1C. The molecule has 6 heteroatoms. The number of aromatic nitrogens is 1. The van der Waals surface area contributed by atoms with Crippen molar-refractivity contribution in [3.05, 3.63) is 93.0 Å². The highest BCUT2D eigenvalue weighted by atomic mass is 35.5. The fourth-order valence-electron chi connectivity index (χ4n) is 4.91. The van der Waals surface area contributed by atoms with Crippen LogP contribution in [0.5, 0.6) is 0 Å². The Kier molecular flexibility index (Phi) is 6.43. The maximum atomic E-state index is 13.9. The molecular weight excluding hydrogens is 477 g/mol. The Hall–Kier alpha value is -3.08. The van der Waals surface area contributed by atoms with Crippen molar-refractivity contribution in [3.63, 3.8) is 0 Å². The van der Waals surface area contributed by atoms with Crippen molar-refractivity contribution >= 4 is 45.7 Å². The van der Waals surface area contributed by atoms with Gasteiger partial charge < -0.3 is 9.80 Å². The van der Waals surface area contributed by atoms with Crippen LogP contribution in [0.4, 0.5) is 5.69 Å². The minimum Gasteiger partial charge on any atom is -0.368 e. The van der Waals surface area contributed by atoms with Gasteiger partial charge in [0.05, 0.1) is 21.8 Å². The number of amides is 1. The van der Waals surface area contributed by atoms with Crippen molar-refractivity contribution < 1.29 is 4.79 Å². The molecule has 0 saturated carbocycles. The van der Waals surface area contributed by atoms with Gasteiger partial charge in [0.25, 0.3) is 5.91 Å². The molecule has 0 N–H and O–H groups in total. The average Bonchev–Trinajstić information content (AvgIpc) is 2.85. The molecular formula is C29H27Cl2N3O. The van der Waals surface area contributed by atoms with Gasteiger partial charge in [-0.15, -0.1) is 0 Å². The second kappa shape index (κ2) is 9.52. The first kappa shape index (κ1) is 23.7. The number of rotatable bonds is 3. The second-order valence-electron chi connectivity index (χ2n) is 9.10. The maximum absolute atomic E-state index is 13.9. The summed E-state index contributed by atoms with van der Waals surface area (Å²) in [6, 6.07) is 19.6. The summed E-state index contributed by atoms with van der Waals surface area (Å²) in [6.45, 7) is 9.19. The molecule has 1 aliphatic rings. The number of nitrogens with zero attached hydrogens (tertiary/aromatic N) is 3. The first-order chi connectivity index (χ1) is 16.8. The zero-order chi connectivity index (χ0) is 24.7. The van der Waals surface area contributed by atoms with Crippen molar-refractivity contribution in [2.45, 2.75) is 20.8 Å². The summed E-state index contributed by atoms with van der Waals surface area (Å²) in [5.74, 6) is 0.0352. The summed E-state index contributed by atoms with van der Waals surface area (Å²) in [4.78, 5) is 23.2. The zero-order valence-corrected chi connectivity index (χ0v) is 21.6. The summed E-state index contributed by atoms with van der Waals surface area (Å²) in [5.41, 5.74) is 7.61. The normalized spacial score (nSPS) is 14.0. The van der Waals surface area contributed by atoms with Gasteiger partial charge in [-0.2, -0.15) is 0 Å². The lowest BCUT2D eigenvalue weighted by atomic mass is 9.96. The lowest BCUT2D eigenvalue weighted by Crippen LogP contribution is -2.49. The fourth-order valence-corrected chi connectivity index (χ4v) is 5.41. The molecule has 0 unspecified atom stereocenters. The minimum absolute atomic E-state index is 0.0352. The molecule has 5 rings (SSSR count). The van der Waals surface area contributed by atoms with E-state index in [1.54, 1.807) is 12.1 Å². The Bertz CT molecular complexity index is 1440.